The summed E-state index contributed by atoms with van der Waals surface area (Å²) < 4.78 is 0. The van der Waals surface area contributed by atoms with Crippen molar-refractivity contribution >= 4 is 17.7 Å². The van der Waals surface area contributed by atoms with Crippen LogP contribution in [-0.4, -0.2) is 37.4 Å². The van der Waals surface area contributed by atoms with Crippen molar-refractivity contribution in [2.24, 2.45) is 23.7 Å². The number of amides is 3. The van der Waals surface area contributed by atoms with E-state index in [9.17, 15) is 14.4 Å². The second-order valence-corrected chi connectivity index (χ2v) is 11.0. The van der Waals surface area contributed by atoms with Crippen LogP contribution in [0, 0.1) is 23.7 Å². The summed E-state index contributed by atoms with van der Waals surface area (Å²) in [6.07, 6.45) is 18.5. The third kappa shape index (κ3) is 10.1. The van der Waals surface area contributed by atoms with Crippen molar-refractivity contribution in [2.45, 2.75) is 109 Å². The molecule has 188 valence electrons. The number of rotatable bonds is 11. The Morgan fingerprint density at radius 2 is 0.848 bits per heavy atom. The third-order valence-electron chi connectivity index (χ3n) is 8.15. The lowest BCUT2D eigenvalue weighted by Crippen LogP contribution is -2.41. The van der Waals surface area contributed by atoms with Gasteiger partial charge in [0.25, 0.3) is 0 Å². The van der Waals surface area contributed by atoms with Gasteiger partial charge in [0.15, 0.2) is 0 Å². The lowest BCUT2D eigenvalue weighted by molar-refractivity contribution is -0.133. The number of carbonyl (C=O) groups is 3. The second kappa shape index (κ2) is 14.6. The van der Waals surface area contributed by atoms with Crippen LogP contribution in [0.15, 0.2) is 0 Å². The van der Waals surface area contributed by atoms with Gasteiger partial charge in [0.2, 0.25) is 17.7 Å². The van der Waals surface area contributed by atoms with E-state index in [1.54, 1.807) is 0 Å². The topological polar surface area (TPSA) is 87.3 Å². The van der Waals surface area contributed by atoms with Gasteiger partial charge in [-0.05, 0) is 56.3 Å². The fraction of sp³-hybridized carbons (Fsp3) is 0.889. The molecular weight excluding hydrogens is 414 g/mol. The van der Waals surface area contributed by atoms with Gasteiger partial charge in [-0.3, -0.25) is 14.4 Å². The van der Waals surface area contributed by atoms with E-state index >= 15 is 0 Å². The zero-order valence-corrected chi connectivity index (χ0v) is 20.7. The summed E-state index contributed by atoms with van der Waals surface area (Å²) in [5, 5.41) is 9.17. The SMILES string of the molecule is O=C(CC(CC(=O)NCC1CCCCC1)C(=O)NCC1CCCCC1)NCC1CCCCC1. The quantitative estimate of drug-likeness (QED) is 0.424. The first-order valence-electron chi connectivity index (χ1n) is 13.9. The van der Waals surface area contributed by atoms with Crippen LogP contribution in [0.2, 0.25) is 0 Å². The molecule has 3 fully saturated rings. The third-order valence-corrected chi connectivity index (χ3v) is 8.15. The molecule has 6 nitrogen and oxygen atoms in total. The van der Waals surface area contributed by atoms with Crippen LogP contribution in [0.1, 0.15) is 109 Å². The first kappa shape index (κ1) is 26.0. The Bertz CT molecular complexity index is 570. The molecule has 3 saturated carbocycles. The molecule has 3 amide bonds. The Morgan fingerprint density at radius 3 is 1.21 bits per heavy atom. The van der Waals surface area contributed by atoms with Crippen LogP contribution in [0.25, 0.3) is 0 Å². The van der Waals surface area contributed by atoms with Crippen molar-refractivity contribution < 1.29 is 14.4 Å². The normalized spacial score (nSPS) is 21.0. The molecule has 3 rings (SSSR count). The molecule has 0 aromatic carbocycles. The molecule has 0 bridgehead atoms. The van der Waals surface area contributed by atoms with E-state index in [0.717, 1.165) is 12.8 Å². The summed E-state index contributed by atoms with van der Waals surface area (Å²) in [6, 6.07) is 0. The highest BCUT2D eigenvalue weighted by molar-refractivity contribution is 5.90. The molecule has 0 radical (unpaired) electrons. The van der Waals surface area contributed by atoms with E-state index in [2.05, 4.69) is 16.0 Å². The summed E-state index contributed by atoms with van der Waals surface area (Å²) in [7, 11) is 0. The monoisotopic (exact) mass is 461 g/mol. The van der Waals surface area contributed by atoms with E-state index < -0.39 is 5.92 Å². The van der Waals surface area contributed by atoms with E-state index in [1.165, 1.54) is 83.5 Å². The Labute approximate surface area is 200 Å². The van der Waals surface area contributed by atoms with Gasteiger partial charge in [-0.1, -0.05) is 57.8 Å². The molecule has 0 aromatic heterocycles. The maximum Gasteiger partial charge on any atom is 0.224 e. The summed E-state index contributed by atoms with van der Waals surface area (Å²) in [5.74, 6) is 0.716. The summed E-state index contributed by atoms with van der Waals surface area (Å²) in [4.78, 5) is 38.3. The average molecular weight is 462 g/mol. The number of hydrogen-bond donors (Lipinski definition) is 3. The molecule has 0 aliphatic heterocycles. The Hall–Kier alpha value is -1.59. The number of nitrogens with one attached hydrogen (secondary N) is 3. The standard InChI is InChI=1S/C27H47N3O3/c31-25(28-18-21-10-4-1-5-11-21)16-24(27(33)30-20-23-14-8-3-9-15-23)17-26(32)29-19-22-12-6-2-7-13-22/h21-24H,1-20H2,(H,28,31)(H,29,32)(H,30,33). The highest BCUT2D eigenvalue weighted by Crippen LogP contribution is 2.25. The Kier molecular flexibility index (Phi) is 11.5. The fourth-order valence-electron chi connectivity index (χ4n) is 5.93. The Balaban J connectivity index is 1.46. The molecule has 33 heavy (non-hydrogen) atoms. The van der Waals surface area contributed by atoms with Crippen molar-refractivity contribution in [3.8, 4) is 0 Å². The molecular formula is C27H47N3O3. The summed E-state index contributed by atoms with van der Waals surface area (Å²) >= 11 is 0. The van der Waals surface area contributed by atoms with Gasteiger partial charge >= 0.3 is 0 Å². The van der Waals surface area contributed by atoms with Crippen molar-refractivity contribution in [3.05, 3.63) is 0 Å². The highest BCUT2D eigenvalue weighted by atomic mass is 16.2. The molecule has 6 heteroatoms. The van der Waals surface area contributed by atoms with Crippen LogP contribution in [0.5, 0.6) is 0 Å². The predicted molar refractivity (Wildman–Crippen MR) is 131 cm³/mol. The van der Waals surface area contributed by atoms with Gasteiger partial charge in [0.05, 0.1) is 5.92 Å². The molecule has 0 atom stereocenters. The zero-order chi connectivity index (χ0) is 23.3. The number of carbonyl (C=O) groups excluding carboxylic acids is 3. The molecule has 3 aliphatic carbocycles. The molecule has 0 unspecified atom stereocenters. The fourth-order valence-corrected chi connectivity index (χ4v) is 5.93. The molecule has 3 aliphatic rings. The van der Waals surface area contributed by atoms with Gasteiger partial charge in [-0.25, -0.2) is 0 Å². The van der Waals surface area contributed by atoms with E-state index in [4.69, 9.17) is 0 Å². The zero-order valence-electron chi connectivity index (χ0n) is 20.7. The van der Waals surface area contributed by atoms with Crippen LogP contribution in [-0.2, 0) is 14.4 Å². The molecule has 0 aromatic rings. The summed E-state index contributed by atoms with van der Waals surface area (Å²) in [5.41, 5.74) is 0. The van der Waals surface area contributed by atoms with Crippen LogP contribution in [0.3, 0.4) is 0 Å². The molecule has 0 saturated heterocycles. The van der Waals surface area contributed by atoms with Crippen LogP contribution in [0.4, 0.5) is 0 Å². The average Bonchev–Trinajstić information content (AvgIpc) is 2.86. The largest absolute Gasteiger partial charge is 0.356 e. The van der Waals surface area contributed by atoms with Crippen molar-refractivity contribution in [1.82, 2.24) is 16.0 Å². The van der Waals surface area contributed by atoms with Crippen LogP contribution < -0.4 is 16.0 Å². The lowest BCUT2D eigenvalue weighted by Gasteiger charge is -2.25. The second-order valence-electron chi connectivity index (χ2n) is 11.0. The van der Waals surface area contributed by atoms with Crippen LogP contribution >= 0.6 is 0 Å². The van der Waals surface area contributed by atoms with Gasteiger partial charge < -0.3 is 16.0 Å². The van der Waals surface area contributed by atoms with Gasteiger partial charge in [-0.15, -0.1) is 0 Å². The van der Waals surface area contributed by atoms with Crippen molar-refractivity contribution in [2.75, 3.05) is 19.6 Å². The highest BCUT2D eigenvalue weighted by Gasteiger charge is 2.27. The molecule has 0 spiro atoms. The van der Waals surface area contributed by atoms with Gasteiger partial charge in [0.1, 0.15) is 0 Å². The lowest BCUT2D eigenvalue weighted by atomic mass is 9.88. The van der Waals surface area contributed by atoms with E-state index in [0.29, 0.717) is 37.4 Å². The maximum atomic E-state index is 13.0. The smallest absolute Gasteiger partial charge is 0.224 e. The number of hydrogen-bond acceptors (Lipinski definition) is 3. The molecule has 3 N–H and O–H groups in total. The maximum absolute atomic E-state index is 13.0. The first-order chi connectivity index (χ1) is 16.1. The van der Waals surface area contributed by atoms with E-state index in [1.807, 2.05) is 0 Å². The minimum atomic E-state index is -0.591. The van der Waals surface area contributed by atoms with Crippen molar-refractivity contribution in [3.63, 3.8) is 0 Å². The van der Waals surface area contributed by atoms with Gasteiger partial charge in [0, 0.05) is 32.5 Å². The predicted octanol–water partition coefficient (Wildman–Crippen LogP) is 4.47. The Morgan fingerprint density at radius 1 is 0.515 bits per heavy atom. The minimum absolute atomic E-state index is 0.0973. The van der Waals surface area contributed by atoms with Crippen molar-refractivity contribution in [1.29, 1.82) is 0 Å². The van der Waals surface area contributed by atoms with E-state index in [-0.39, 0.29) is 30.6 Å². The summed E-state index contributed by atoms with van der Waals surface area (Å²) in [6.45, 7) is 2.06. The minimum Gasteiger partial charge on any atom is -0.356 e. The molecule has 0 heterocycles. The first-order valence-corrected chi connectivity index (χ1v) is 13.9. The van der Waals surface area contributed by atoms with Gasteiger partial charge in [-0.2, -0.15) is 0 Å².